The Morgan fingerprint density at radius 1 is 1.50 bits per heavy atom. The summed E-state index contributed by atoms with van der Waals surface area (Å²) in [5.41, 5.74) is 8.54. The van der Waals surface area contributed by atoms with E-state index in [1.165, 1.54) is 18.4 Å². The van der Waals surface area contributed by atoms with Crippen molar-refractivity contribution in [3.8, 4) is 0 Å². The molecule has 2 saturated carbocycles. The van der Waals surface area contributed by atoms with Gasteiger partial charge in [0.2, 0.25) is 5.91 Å². The summed E-state index contributed by atoms with van der Waals surface area (Å²) in [6, 6.07) is 0.0878. The summed E-state index contributed by atoms with van der Waals surface area (Å²) in [4.78, 5) is 12.3. The molecule has 2 fully saturated rings. The number of hydrogen-bond acceptors (Lipinski definition) is 3. The molecule has 2 aliphatic carbocycles. The lowest BCUT2D eigenvalue weighted by atomic mass is 9.84. The molecule has 5 heteroatoms. The highest BCUT2D eigenvalue weighted by Crippen LogP contribution is 2.47. The van der Waals surface area contributed by atoms with E-state index in [1.54, 1.807) is 0 Å². The summed E-state index contributed by atoms with van der Waals surface area (Å²) < 4.78 is 0. The number of nitrogens with two attached hydrogens (primary N) is 1. The quantitative estimate of drug-likeness (QED) is 0.705. The SMILES string of the molecule is Cc1[nH]ncc1CCCNC(=O)C1C2CCC(C2)C1N. The van der Waals surface area contributed by atoms with E-state index in [1.807, 2.05) is 13.1 Å². The number of aromatic nitrogens is 2. The van der Waals surface area contributed by atoms with E-state index < -0.39 is 0 Å². The third-order valence-electron chi connectivity index (χ3n) is 5.14. The van der Waals surface area contributed by atoms with E-state index in [2.05, 4.69) is 15.5 Å². The number of hydrogen-bond donors (Lipinski definition) is 3. The second-order valence-electron chi connectivity index (χ2n) is 6.35. The van der Waals surface area contributed by atoms with Crippen molar-refractivity contribution in [1.82, 2.24) is 15.5 Å². The van der Waals surface area contributed by atoms with Crippen LogP contribution >= 0.6 is 0 Å². The molecule has 1 aromatic rings. The van der Waals surface area contributed by atoms with Crippen LogP contribution in [0.3, 0.4) is 0 Å². The molecule has 0 saturated heterocycles. The number of aryl methyl sites for hydroxylation is 2. The molecule has 0 spiro atoms. The van der Waals surface area contributed by atoms with Gasteiger partial charge in [-0.25, -0.2) is 0 Å². The van der Waals surface area contributed by atoms with Crippen molar-refractivity contribution in [2.45, 2.75) is 45.1 Å². The standard InChI is InChI=1S/C15H24N4O/c1-9-12(8-18-19-9)3-2-6-17-15(20)13-10-4-5-11(7-10)14(13)16/h8,10-11,13-14H,2-7,16H2,1H3,(H,17,20)(H,18,19). The summed E-state index contributed by atoms with van der Waals surface area (Å²) >= 11 is 0. The first-order valence-electron chi connectivity index (χ1n) is 7.69. The first-order chi connectivity index (χ1) is 9.66. The van der Waals surface area contributed by atoms with Crippen LogP contribution in [0.4, 0.5) is 0 Å². The van der Waals surface area contributed by atoms with E-state index in [0.29, 0.717) is 11.8 Å². The van der Waals surface area contributed by atoms with E-state index in [-0.39, 0.29) is 17.9 Å². The third-order valence-corrected chi connectivity index (χ3v) is 5.14. The van der Waals surface area contributed by atoms with Crippen molar-refractivity contribution in [2.75, 3.05) is 6.54 Å². The van der Waals surface area contributed by atoms with E-state index in [9.17, 15) is 4.79 Å². The molecule has 3 rings (SSSR count). The maximum atomic E-state index is 12.3. The zero-order valence-electron chi connectivity index (χ0n) is 12.1. The highest BCUT2D eigenvalue weighted by Gasteiger charge is 2.48. The summed E-state index contributed by atoms with van der Waals surface area (Å²) in [5.74, 6) is 1.36. The van der Waals surface area contributed by atoms with Crippen molar-refractivity contribution in [3.05, 3.63) is 17.5 Å². The van der Waals surface area contributed by atoms with E-state index >= 15 is 0 Å². The molecule has 4 N–H and O–H groups in total. The van der Waals surface area contributed by atoms with Gasteiger partial charge < -0.3 is 11.1 Å². The van der Waals surface area contributed by atoms with Crippen LogP contribution in [0.25, 0.3) is 0 Å². The molecule has 5 nitrogen and oxygen atoms in total. The molecule has 4 atom stereocenters. The van der Waals surface area contributed by atoms with E-state index in [4.69, 9.17) is 5.73 Å². The van der Waals surface area contributed by atoms with Gasteiger partial charge in [-0.3, -0.25) is 9.89 Å². The average molecular weight is 276 g/mol. The predicted molar refractivity (Wildman–Crippen MR) is 77.0 cm³/mol. The molecule has 2 aliphatic rings. The zero-order valence-corrected chi connectivity index (χ0v) is 12.1. The molecule has 2 bridgehead atoms. The fourth-order valence-corrected chi connectivity index (χ4v) is 3.96. The predicted octanol–water partition coefficient (Wildman–Crippen LogP) is 1.14. The molecule has 1 aromatic heterocycles. The van der Waals surface area contributed by atoms with Gasteiger partial charge in [0, 0.05) is 18.3 Å². The van der Waals surface area contributed by atoms with Crippen LogP contribution in [-0.2, 0) is 11.2 Å². The summed E-state index contributed by atoms with van der Waals surface area (Å²) in [6.07, 6.45) is 7.32. The van der Waals surface area contributed by atoms with Gasteiger partial charge >= 0.3 is 0 Å². The van der Waals surface area contributed by atoms with Crippen LogP contribution in [0.5, 0.6) is 0 Å². The van der Waals surface area contributed by atoms with Gasteiger partial charge in [0.15, 0.2) is 0 Å². The minimum atomic E-state index is 0.0596. The maximum absolute atomic E-state index is 12.3. The molecule has 20 heavy (non-hydrogen) atoms. The van der Waals surface area contributed by atoms with Gasteiger partial charge in [-0.2, -0.15) is 5.10 Å². The third kappa shape index (κ3) is 2.46. The van der Waals surface area contributed by atoms with Gasteiger partial charge in [-0.1, -0.05) is 0 Å². The lowest BCUT2D eigenvalue weighted by Gasteiger charge is -2.27. The number of H-pyrrole nitrogens is 1. The van der Waals surface area contributed by atoms with Crippen molar-refractivity contribution >= 4 is 5.91 Å². The normalized spacial score (nSPS) is 31.7. The number of carbonyl (C=O) groups is 1. The summed E-state index contributed by atoms with van der Waals surface area (Å²) in [7, 11) is 0. The Labute approximate surface area is 119 Å². The number of amides is 1. The topological polar surface area (TPSA) is 83.8 Å². The van der Waals surface area contributed by atoms with E-state index in [0.717, 1.165) is 31.5 Å². The molecule has 4 unspecified atom stereocenters. The molecular formula is C15H24N4O. The number of nitrogens with zero attached hydrogens (tertiary/aromatic N) is 1. The Bertz CT molecular complexity index is 482. The monoisotopic (exact) mass is 276 g/mol. The highest BCUT2D eigenvalue weighted by molar-refractivity contribution is 5.80. The Balaban J connectivity index is 1.43. The van der Waals surface area contributed by atoms with Crippen LogP contribution in [0, 0.1) is 24.7 Å². The maximum Gasteiger partial charge on any atom is 0.224 e. The largest absolute Gasteiger partial charge is 0.356 e. The van der Waals surface area contributed by atoms with Crippen molar-refractivity contribution in [3.63, 3.8) is 0 Å². The lowest BCUT2D eigenvalue weighted by molar-refractivity contribution is -0.127. The van der Waals surface area contributed by atoms with Crippen molar-refractivity contribution < 1.29 is 4.79 Å². The number of rotatable bonds is 5. The zero-order chi connectivity index (χ0) is 14.1. The van der Waals surface area contributed by atoms with Crippen LogP contribution in [0.2, 0.25) is 0 Å². The Morgan fingerprint density at radius 3 is 2.95 bits per heavy atom. The van der Waals surface area contributed by atoms with Crippen LogP contribution in [-0.4, -0.2) is 28.7 Å². The average Bonchev–Trinajstić information content (AvgIpc) is 3.11. The van der Waals surface area contributed by atoms with Gasteiger partial charge in [0.1, 0.15) is 0 Å². The van der Waals surface area contributed by atoms with Crippen LogP contribution < -0.4 is 11.1 Å². The Kier molecular flexibility index (Phi) is 3.78. The lowest BCUT2D eigenvalue weighted by Crippen LogP contribution is -2.45. The second-order valence-corrected chi connectivity index (χ2v) is 6.35. The van der Waals surface area contributed by atoms with Gasteiger partial charge in [-0.05, 0) is 56.4 Å². The molecule has 0 aromatic carbocycles. The number of fused-ring (bicyclic) bond motifs is 2. The first-order valence-corrected chi connectivity index (χ1v) is 7.69. The number of aromatic amines is 1. The van der Waals surface area contributed by atoms with Gasteiger partial charge in [0.05, 0.1) is 12.1 Å². The first kappa shape index (κ1) is 13.6. The molecule has 110 valence electrons. The Hall–Kier alpha value is -1.36. The van der Waals surface area contributed by atoms with Crippen molar-refractivity contribution in [1.29, 1.82) is 0 Å². The van der Waals surface area contributed by atoms with Crippen molar-refractivity contribution in [2.24, 2.45) is 23.5 Å². The molecule has 1 heterocycles. The second kappa shape index (κ2) is 5.56. The molecule has 1 amide bonds. The number of carbonyl (C=O) groups excluding carboxylic acids is 1. The minimum absolute atomic E-state index is 0.0596. The summed E-state index contributed by atoms with van der Waals surface area (Å²) in [5, 5.41) is 10.0. The molecule has 0 radical (unpaired) electrons. The Morgan fingerprint density at radius 2 is 2.30 bits per heavy atom. The number of nitrogens with one attached hydrogen (secondary N) is 2. The highest BCUT2D eigenvalue weighted by atomic mass is 16.1. The molecule has 0 aliphatic heterocycles. The van der Waals surface area contributed by atoms with Gasteiger partial charge in [0.25, 0.3) is 0 Å². The van der Waals surface area contributed by atoms with Crippen LogP contribution in [0.15, 0.2) is 6.20 Å². The van der Waals surface area contributed by atoms with Gasteiger partial charge in [-0.15, -0.1) is 0 Å². The smallest absolute Gasteiger partial charge is 0.224 e. The molecular weight excluding hydrogens is 252 g/mol. The summed E-state index contributed by atoms with van der Waals surface area (Å²) in [6.45, 7) is 2.75. The van der Waals surface area contributed by atoms with Crippen LogP contribution in [0.1, 0.15) is 36.9 Å². The fourth-order valence-electron chi connectivity index (χ4n) is 3.96. The fraction of sp³-hybridized carbons (Fsp3) is 0.733. The minimum Gasteiger partial charge on any atom is -0.356 e.